The predicted octanol–water partition coefficient (Wildman–Crippen LogP) is 1.17. The Hall–Kier alpha value is -1.78. The number of esters is 1. The van der Waals surface area contributed by atoms with E-state index in [-0.39, 0.29) is 5.91 Å². The van der Waals surface area contributed by atoms with E-state index in [0.717, 1.165) is 5.69 Å². The molecule has 0 saturated heterocycles. The van der Waals surface area contributed by atoms with E-state index in [9.17, 15) is 9.59 Å². The highest BCUT2D eigenvalue weighted by Gasteiger charge is 2.28. The van der Waals surface area contributed by atoms with Gasteiger partial charge in [0.15, 0.2) is 0 Å². The molecule has 1 aromatic heterocycles. The highest BCUT2D eigenvalue weighted by molar-refractivity contribution is 5.97. The number of ether oxygens (including phenoxy) is 1. The van der Waals surface area contributed by atoms with Crippen LogP contribution in [-0.2, 0) is 20.9 Å². The molecule has 0 aliphatic rings. The highest BCUT2D eigenvalue weighted by atomic mass is 16.5. The number of aromatic nitrogens is 1. The molecule has 5 nitrogen and oxygen atoms in total. The third-order valence-electron chi connectivity index (χ3n) is 2.64. The van der Waals surface area contributed by atoms with Crippen LogP contribution in [0.2, 0.25) is 0 Å². The fourth-order valence-corrected chi connectivity index (χ4v) is 1.65. The van der Waals surface area contributed by atoms with Gasteiger partial charge < -0.3 is 14.6 Å². The van der Waals surface area contributed by atoms with Gasteiger partial charge in [0.1, 0.15) is 5.92 Å². The van der Waals surface area contributed by atoms with Gasteiger partial charge in [0, 0.05) is 18.9 Å². The molecule has 0 spiro atoms. The molecule has 1 rings (SSSR count). The number of aromatic amines is 1. The molecule has 5 heteroatoms. The van der Waals surface area contributed by atoms with Crippen molar-refractivity contribution in [3.63, 3.8) is 0 Å². The lowest BCUT2D eigenvalue weighted by Gasteiger charge is -2.21. The van der Waals surface area contributed by atoms with Gasteiger partial charge in [-0.3, -0.25) is 9.59 Å². The van der Waals surface area contributed by atoms with Crippen molar-refractivity contribution in [2.75, 3.05) is 14.2 Å². The molecule has 94 valence electrons. The Morgan fingerprint density at radius 3 is 2.71 bits per heavy atom. The van der Waals surface area contributed by atoms with Crippen LogP contribution in [0.15, 0.2) is 18.3 Å². The van der Waals surface area contributed by atoms with Crippen LogP contribution < -0.4 is 0 Å². The molecule has 0 bridgehead atoms. The van der Waals surface area contributed by atoms with Crippen LogP contribution in [0, 0.1) is 5.92 Å². The zero-order chi connectivity index (χ0) is 12.8. The van der Waals surface area contributed by atoms with Gasteiger partial charge in [-0.15, -0.1) is 0 Å². The Bertz CT molecular complexity index is 373. The van der Waals surface area contributed by atoms with E-state index >= 15 is 0 Å². The quantitative estimate of drug-likeness (QED) is 0.618. The molecule has 0 aliphatic heterocycles. The molecule has 1 atom stereocenters. The zero-order valence-corrected chi connectivity index (χ0v) is 10.4. The molecule has 0 aliphatic carbocycles. The van der Waals surface area contributed by atoms with E-state index in [4.69, 9.17) is 0 Å². The van der Waals surface area contributed by atoms with Crippen molar-refractivity contribution in [3.8, 4) is 0 Å². The Morgan fingerprint density at radius 2 is 2.24 bits per heavy atom. The number of hydrogen-bond donors (Lipinski definition) is 1. The van der Waals surface area contributed by atoms with Crippen molar-refractivity contribution in [2.24, 2.45) is 5.92 Å². The van der Waals surface area contributed by atoms with Gasteiger partial charge >= 0.3 is 5.97 Å². The van der Waals surface area contributed by atoms with Crippen molar-refractivity contribution in [2.45, 2.75) is 19.9 Å². The second-order valence-corrected chi connectivity index (χ2v) is 3.87. The maximum Gasteiger partial charge on any atom is 0.318 e. The molecule has 17 heavy (non-hydrogen) atoms. The first-order valence-electron chi connectivity index (χ1n) is 5.55. The second-order valence-electron chi connectivity index (χ2n) is 3.87. The van der Waals surface area contributed by atoms with Crippen LogP contribution >= 0.6 is 0 Å². The minimum absolute atomic E-state index is 0.214. The lowest BCUT2D eigenvalue weighted by Crippen LogP contribution is -2.36. The summed E-state index contributed by atoms with van der Waals surface area (Å²) in [7, 11) is 2.97. The van der Waals surface area contributed by atoms with Crippen LogP contribution in [0.5, 0.6) is 0 Å². The summed E-state index contributed by atoms with van der Waals surface area (Å²) in [6, 6.07) is 3.76. The number of rotatable bonds is 5. The fraction of sp³-hybridized carbons (Fsp3) is 0.500. The Labute approximate surface area is 101 Å². The van der Waals surface area contributed by atoms with Gasteiger partial charge in [0.2, 0.25) is 5.91 Å². The number of methoxy groups -OCH3 is 1. The van der Waals surface area contributed by atoms with Gasteiger partial charge in [0.05, 0.1) is 13.7 Å². The average molecular weight is 238 g/mol. The van der Waals surface area contributed by atoms with Gasteiger partial charge in [-0.25, -0.2) is 0 Å². The number of carbonyl (C=O) groups excluding carboxylic acids is 2. The summed E-state index contributed by atoms with van der Waals surface area (Å²) >= 11 is 0. The summed E-state index contributed by atoms with van der Waals surface area (Å²) in [5.74, 6) is -1.40. The van der Waals surface area contributed by atoms with Crippen LogP contribution in [0.4, 0.5) is 0 Å². The van der Waals surface area contributed by atoms with Crippen molar-refractivity contribution >= 4 is 11.9 Å². The lowest BCUT2D eigenvalue weighted by atomic mass is 10.1. The molecular weight excluding hydrogens is 220 g/mol. The first-order valence-corrected chi connectivity index (χ1v) is 5.55. The van der Waals surface area contributed by atoms with Crippen LogP contribution in [0.3, 0.4) is 0 Å². The third-order valence-corrected chi connectivity index (χ3v) is 2.64. The maximum atomic E-state index is 12.0. The standard InChI is InChI=1S/C12H18N2O3/c1-4-10(12(16)17-3)11(15)14(2)8-9-6-5-7-13-9/h5-7,10,13H,4,8H2,1-3H3. The fourth-order valence-electron chi connectivity index (χ4n) is 1.65. The first kappa shape index (κ1) is 13.3. The molecule has 1 aromatic rings. The predicted molar refractivity (Wildman–Crippen MR) is 63.1 cm³/mol. The number of H-pyrrole nitrogens is 1. The second kappa shape index (κ2) is 6.08. The topological polar surface area (TPSA) is 62.4 Å². The van der Waals surface area contributed by atoms with E-state index in [2.05, 4.69) is 9.72 Å². The molecule has 0 aromatic carbocycles. The molecule has 0 radical (unpaired) electrons. The minimum atomic E-state index is -0.708. The number of hydrogen-bond acceptors (Lipinski definition) is 3. The molecule has 1 N–H and O–H groups in total. The number of nitrogens with one attached hydrogen (secondary N) is 1. The Kier molecular flexibility index (Phi) is 4.75. The van der Waals surface area contributed by atoms with Crippen molar-refractivity contribution in [1.29, 1.82) is 0 Å². The summed E-state index contributed by atoms with van der Waals surface area (Å²) in [6.45, 7) is 2.25. The largest absolute Gasteiger partial charge is 0.468 e. The van der Waals surface area contributed by atoms with Crippen molar-refractivity contribution < 1.29 is 14.3 Å². The monoisotopic (exact) mass is 238 g/mol. The van der Waals surface area contributed by atoms with Crippen LogP contribution in [-0.4, -0.2) is 35.9 Å². The summed E-state index contributed by atoms with van der Waals surface area (Å²) in [6.07, 6.45) is 2.24. The molecular formula is C12H18N2O3. The average Bonchev–Trinajstić information content (AvgIpc) is 2.82. The maximum absolute atomic E-state index is 12.0. The van der Waals surface area contributed by atoms with Crippen LogP contribution in [0.25, 0.3) is 0 Å². The zero-order valence-electron chi connectivity index (χ0n) is 10.4. The molecule has 1 amide bonds. The normalized spacial score (nSPS) is 11.9. The summed E-state index contributed by atoms with van der Waals surface area (Å²) in [5.41, 5.74) is 0.931. The number of amides is 1. The SMILES string of the molecule is CCC(C(=O)OC)C(=O)N(C)Cc1ccc[nH]1. The van der Waals surface area contributed by atoms with E-state index in [1.807, 2.05) is 12.1 Å². The van der Waals surface area contributed by atoms with E-state index in [1.54, 1.807) is 20.2 Å². The molecule has 1 unspecified atom stereocenters. The number of nitrogens with zero attached hydrogens (tertiary/aromatic N) is 1. The Morgan fingerprint density at radius 1 is 1.53 bits per heavy atom. The number of carbonyl (C=O) groups is 2. The lowest BCUT2D eigenvalue weighted by molar-refractivity contribution is -0.153. The Balaban J connectivity index is 2.64. The summed E-state index contributed by atoms with van der Waals surface area (Å²) in [4.78, 5) is 28.0. The van der Waals surface area contributed by atoms with Gasteiger partial charge in [0.25, 0.3) is 0 Å². The van der Waals surface area contributed by atoms with Gasteiger partial charge in [-0.2, -0.15) is 0 Å². The molecule has 0 fully saturated rings. The smallest absolute Gasteiger partial charge is 0.318 e. The van der Waals surface area contributed by atoms with Crippen molar-refractivity contribution in [1.82, 2.24) is 9.88 Å². The minimum Gasteiger partial charge on any atom is -0.468 e. The first-order chi connectivity index (χ1) is 8.10. The summed E-state index contributed by atoms with van der Waals surface area (Å²) < 4.78 is 4.62. The van der Waals surface area contributed by atoms with E-state index in [1.165, 1.54) is 12.0 Å². The van der Waals surface area contributed by atoms with Gasteiger partial charge in [-0.05, 0) is 18.6 Å². The highest BCUT2D eigenvalue weighted by Crippen LogP contribution is 2.11. The van der Waals surface area contributed by atoms with E-state index < -0.39 is 11.9 Å². The summed E-state index contributed by atoms with van der Waals surface area (Å²) in [5, 5.41) is 0. The molecule has 1 heterocycles. The third kappa shape index (κ3) is 3.34. The molecule has 0 saturated carbocycles. The van der Waals surface area contributed by atoms with Crippen LogP contribution in [0.1, 0.15) is 19.0 Å². The van der Waals surface area contributed by atoms with E-state index in [0.29, 0.717) is 13.0 Å². The van der Waals surface area contributed by atoms with Gasteiger partial charge in [-0.1, -0.05) is 6.92 Å². The van der Waals surface area contributed by atoms with Crippen molar-refractivity contribution in [3.05, 3.63) is 24.0 Å².